The van der Waals surface area contributed by atoms with Crippen LogP contribution in [0.5, 0.6) is 17.2 Å². The van der Waals surface area contributed by atoms with Crippen molar-refractivity contribution in [2.24, 2.45) is 0 Å². The van der Waals surface area contributed by atoms with Gasteiger partial charge in [-0.05, 0) is 30.2 Å². The number of hydrogen-bond donors (Lipinski definition) is 0. The van der Waals surface area contributed by atoms with Crippen LogP contribution in [-0.2, 0) is 6.42 Å². The molecule has 3 heteroatoms. The summed E-state index contributed by atoms with van der Waals surface area (Å²) in [6.07, 6.45) is 4.84. The third-order valence-electron chi connectivity index (χ3n) is 4.58. The van der Waals surface area contributed by atoms with E-state index in [1.165, 1.54) is 0 Å². The summed E-state index contributed by atoms with van der Waals surface area (Å²) in [6.45, 7) is 6.02. The second-order valence-electron chi connectivity index (χ2n) is 6.26. The number of benzene rings is 2. The van der Waals surface area contributed by atoms with Gasteiger partial charge in [-0.15, -0.1) is 0 Å². The lowest BCUT2D eigenvalue weighted by atomic mass is 9.98. The fourth-order valence-corrected chi connectivity index (χ4v) is 3.26. The first-order chi connectivity index (χ1) is 11.7. The van der Waals surface area contributed by atoms with Crippen molar-refractivity contribution in [3.63, 3.8) is 0 Å². The Morgan fingerprint density at radius 2 is 2.00 bits per heavy atom. The Balaban J connectivity index is 1.77. The molecule has 2 atom stereocenters. The smallest absolute Gasteiger partial charge is 0.142 e. The molecule has 0 N–H and O–H groups in total. The summed E-state index contributed by atoms with van der Waals surface area (Å²) in [5.41, 5.74) is 4.23. The molecule has 3 nitrogen and oxygen atoms in total. The zero-order valence-electron chi connectivity index (χ0n) is 13.9. The van der Waals surface area contributed by atoms with Gasteiger partial charge < -0.3 is 14.2 Å². The highest BCUT2D eigenvalue weighted by atomic mass is 16.5. The summed E-state index contributed by atoms with van der Waals surface area (Å²) in [5, 5.41) is 0. The molecule has 2 aromatic rings. The summed E-state index contributed by atoms with van der Waals surface area (Å²) in [5.74, 6) is 2.47. The van der Waals surface area contributed by atoms with Crippen LogP contribution in [0.15, 0.2) is 54.6 Å². The topological polar surface area (TPSA) is 27.7 Å². The number of hydrogen-bond acceptors (Lipinski definition) is 3. The van der Waals surface area contributed by atoms with Crippen molar-refractivity contribution < 1.29 is 14.2 Å². The van der Waals surface area contributed by atoms with Crippen LogP contribution < -0.4 is 14.2 Å². The third-order valence-corrected chi connectivity index (χ3v) is 4.58. The van der Waals surface area contributed by atoms with Crippen LogP contribution in [0.1, 0.15) is 29.7 Å². The number of methoxy groups -OCH3 is 1. The van der Waals surface area contributed by atoms with Gasteiger partial charge in [-0.3, -0.25) is 0 Å². The zero-order chi connectivity index (χ0) is 16.7. The van der Waals surface area contributed by atoms with Crippen molar-refractivity contribution in [3.05, 3.63) is 71.3 Å². The Kier molecular flexibility index (Phi) is 3.57. The van der Waals surface area contributed by atoms with Crippen molar-refractivity contribution in [1.82, 2.24) is 0 Å². The van der Waals surface area contributed by atoms with Gasteiger partial charge in [-0.1, -0.05) is 36.9 Å². The highest BCUT2D eigenvalue weighted by molar-refractivity contribution is 5.72. The molecular formula is C21H20O3. The van der Waals surface area contributed by atoms with E-state index in [-0.39, 0.29) is 12.2 Å². The molecule has 0 amide bonds. The summed E-state index contributed by atoms with van der Waals surface area (Å²) in [7, 11) is 1.67. The molecule has 0 fully saturated rings. The molecule has 2 heterocycles. The first kappa shape index (κ1) is 14.9. The molecule has 0 saturated heterocycles. The van der Waals surface area contributed by atoms with E-state index in [0.29, 0.717) is 0 Å². The van der Waals surface area contributed by atoms with Crippen LogP contribution in [0.2, 0.25) is 0 Å². The standard InChI is InChI=1S/C21H20O3/c1-13(2)18-11-16-20(23-18)12-19(22-3)15-9-10-17(24-21(15)16)14-7-5-4-6-8-14/h4-10,12,17-18H,1,11H2,2-3H3/t17-,18+/m0/s1. The van der Waals surface area contributed by atoms with Crippen LogP contribution in [-0.4, -0.2) is 13.2 Å². The van der Waals surface area contributed by atoms with Gasteiger partial charge >= 0.3 is 0 Å². The molecule has 0 unspecified atom stereocenters. The van der Waals surface area contributed by atoms with Crippen molar-refractivity contribution in [3.8, 4) is 17.2 Å². The second-order valence-corrected chi connectivity index (χ2v) is 6.26. The number of ether oxygens (including phenoxy) is 3. The zero-order valence-corrected chi connectivity index (χ0v) is 13.9. The minimum absolute atomic E-state index is 0.000822. The maximum absolute atomic E-state index is 6.35. The number of rotatable bonds is 3. The quantitative estimate of drug-likeness (QED) is 0.766. The van der Waals surface area contributed by atoms with Crippen LogP contribution >= 0.6 is 0 Å². The molecule has 0 aromatic heterocycles. The molecule has 2 aliphatic heterocycles. The molecule has 0 aliphatic carbocycles. The lowest BCUT2D eigenvalue weighted by Gasteiger charge is -2.25. The van der Waals surface area contributed by atoms with E-state index in [9.17, 15) is 0 Å². The van der Waals surface area contributed by atoms with Crippen LogP contribution in [0, 0.1) is 0 Å². The summed E-state index contributed by atoms with van der Waals surface area (Å²) >= 11 is 0. The van der Waals surface area contributed by atoms with Crippen molar-refractivity contribution in [2.45, 2.75) is 25.6 Å². The Morgan fingerprint density at radius 3 is 2.71 bits per heavy atom. The predicted molar refractivity (Wildman–Crippen MR) is 94.8 cm³/mol. The molecular weight excluding hydrogens is 300 g/mol. The molecule has 0 radical (unpaired) electrons. The predicted octanol–water partition coefficient (Wildman–Crippen LogP) is 4.72. The minimum atomic E-state index is -0.0983. The summed E-state index contributed by atoms with van der Waals surface area (Å²) in [6, 6.07) is 12.2. The Morgan fingerprint density at radius 1 is 1.21 bits per heavy atom. The van der Waals surface area contributed by atoms with Crippen LogP contribution in [0.3, 0.4) is 0 Å². The fourth-order valence-electron chi connectivity index (χ4n) is 3.26. The molecule has 0 saturated carbocycles. The monoisotopic (exact) mass is 320 g/mol. The van der Waals surface area contributed by atoms with Crippen molar-refractivity contribution in [2.75, 3.05) is 7.11 Å². The SMILES string of the molecule is C=C(C)[C@H]1Cc2c(cc(OC)c3c2O[C@H](c2ccccc2)C=C3)O1. The van der Waals surface area contributed by atoms with E-state index in [0.717, 1.165) is 45.9 Å². The average molecular weight is 320 g/mol. The molecule has 122 valence electrons. The maximum atomic E-state index is 6.35. The van der Waals surface area contributed by atoms with Gasteiger partial charge in [0.2, 0.25) is 0 Å². The fraction of sp³-hybridized carbons (Fsp3) is 0.238. The largest absolute Gasteiger partial charge is 0.496 e. The van der Waals surface area contributed by atoms with E-state index in [2.05, 4.69) is 30.9 Å². The second kappa shape index (κ2) is 5.75. The van der Waals surface area contributed by atoms with Gasteiger partial charge in [-0.25, -0.2) is 0 Å². The number of fused-ring (bicyclic) bond motifs is 3. The van der Waals surface area contributed by atoms with E-state index in [4.69, 9.17) is 14.2 Å². The highest BCUT2D eigenvalue weighted by Crippen LogP contribution is 2.48. The van der Waals surface area contributed by atoms with Crippen molar-refractivity contribution in [1.29, 1.82) is 0 Å². The van der Waals surface area contributed by atoms with Crippen LogP contribution in [0.4, 0.5) is 0 Å². The van der Waals surface area contributed by atoms with Crippen LogP contribution in [0.25, 0.3) is 6.08 Å². The van der Waals surface area contributed by atoms with E-state index < -0.39 is 0 Å². The molecule has 2 aliphatic rings. The van der Waals surface area contributed by atoms with Gasteiger partial charge in [0, 0.05) is 18.1 Å². The first-order valence-corrected chi connectivity index (χ1v) is 8.13. The normalized spacial score (nSPS) is 20.6. The minimum Gasteiger partial charge on any atom is -0.496 e. The maximum Gasteiger partial charge on any atom is 0.142 e. The van der Waals surface area contributed by atoms with Gasteiger partial charge in [-0.2, -0.15) is 0 Å². The Hall–Kier alpha value is -2.68. The van der Waals surface area contributed by atoms with Gasteiger partial charge in [0.1, 0.15) is 29.5 Å². The van der Waals surface area contributed by atoms with Gasteiger partial charge in [0.05, 0.1) is 12.7 Å². The van der Waals surface area contributed by atoms with Crippen molar-refractivity contribution >= 4 is 6.08 Å². The average Bonchev–Trinajstić information content (AvgIpc) is 3.06. The van der Waals surface area contributed by atoms with E-state index in [1.54, 1.807) is 7.11 Å². The third kappa shape index (κ3) is 2.37. The lowest BCUT2D eigenvalue weighted by Crippen LogP contribution is -2.14. The summed E-state index contributed by atoms with van der Waals surface area (Å²) in [4.78, 5) is 0. The molecule has 2 aromatic carbocycles. The van der Waals surface area contributed by atoms with Gasteiger partial charge in [0.15, 0.2) is 0 Å². The van der Waals surface area contributed by atoms with E-state index in [1.807, 2.05) is 31.2 Å². The molecule has 24 heavy (non-hydrogen) atoms. The Labute approximate surface area is 142 Å². The summed E-state index contributed by atoms with van der Waals surface area (Å²) < 4.78 is 17.9. The molecule has 4 rings (SSSR count). The van der Waals surface area contributed by atoms with Gasteiger partial charge in [0.25, 0.3) is 0 Å². The highest BCUT2D eigenvalue weighted by Gasteiger charge is 2.32. The first-order valence-electron chi connectivity index (χ1n) is 8.13. The molecule has 0 bridgehead atoms. The van der Waals surface area contributed by atoms with E-state index >= 15 is 0 Å². The lowest BCUT2D eigenvalue weighted by molar-refractivity contribution is 0.247. The molecule has 0 spiro atoms. The Bertz CT molecular complexity index is 821.